The van der Waals surface area contributed by atoms with Crippen LogP contribution in [0, 0.1) is 19.8 Å². The molecular formula is C25H35N5O2. The molecule has 7 nitrogen and oxygen atoms in total. The van der Waals surface area contributed by atoms with Crippen LogP contribution in [-0.4, -0.2) is 71.6 Å². The number of rotatable bonds is 6. The van der Waals surface area contributed by atoms with Gasteiger partial charge in [-0.25, -0.2) is 4.98 Å². The zero-order valence-electron chi connectivity index (χ0n) is 19.5. The molecule has 32 heavy (non-hydrogen) atoms. The first kappa shape index (κ1) is 22.7. The van der Waals surface area contributed by atoms with E-state index in [0.29, 0.717) is 5.92 Å². The van der Waals surface area contributed by atoms with Gasteiger partial charge in [0.15, 0.2) is 0 Å². The van der Waals surface area contributed by atoms with E-state index in [-0.39, 0.29) is 11.8 Å². The summed E-state index contributed by atoms with van der Waals surface area (Å²) in [6.45, 7) is 11.9. The number of amides is 1. The number of likely N-dealkylation sites (tertiary alicyclic amines) is 1. The van der Waals surface area contributed by atoms with Gasteiger partial charge in [-0.05, 0) is 51.0 Å². The number of aryl methyl sites for hydroxylation is 2. The van der Waals surface area contributed by atoms with Crippen LogP contribution < -0.4 is 5.32 Å². The number of carbonyl (C=O) groups is 1. The van der Waals surface area contributed by atoms with Crippen molar-refractivity contribution in [1.82, 2.24) is 19.8 Å². The third-order valence-corrected chi connectivity index (χ3v) is 6.42. The summed E-state index contributed by atoms with van der Waals surface area (Å²) in [5.41, 5.74) is 4.10. The summed E-state index contributed by atoms with van der Waals surface area (Å²) in [6, 6.07) is 10.2. The molecule has 2 saturated heterocycles. The maximum atomic E-state index is 13.0. The Kier molecular flexibility index (Phi) is 7.37. The fraction of sp³-hybridized carbons (Fsp3) is 0.560. The molecule has 4 heterocycles. The molecule has 0 saturated carbocycles. The minimum absolute atomic E-state index is 0.0272. The topological polar surface area (TPSA) is 70.6 Å². The Bertz CT molecular complexity index is 920. The van der Waals surface area contributed by atoms with Gasteiger partial charge in [0, 0.05) is 67.3 Å². The highest BCUT2D eigenvalue weighted by atomic mass is 16.5. The smallest absolute Gasteiger partial charge is 0.226 e. The number of hydrogen-bond donors (Lipinski definition) is 1. The van der Waals surface area contributed by atoms with Crippen LogP contribution >= 0.6 is 0 Å². The monoisotopic (exact) mass is 437 g/mol. The lowest BCUT2D eigenvalue weighted by Gasteiger charge is -2.35. The lowest BCUT2D eigenvalue weighted by atomic mass is 9.92. The number of ether oxygens (including phenoxy) is 1. The Morgan fingerprint density at radius 1 is 1.09 bits per heavy atom. The van der Waals surface area contributed by atoms with Crippen LogP contribution in [0.2, 0.25) is 0 Å². The highest BCUT2D eigenvalue weighted by Crippen LogP contribution is 2.30. The minimum atomic E-state index is 0.0272. The van der Waals surface area contributed by atoms with Crippen molar-refractivity contribution in [1.29, 1.82) is 0 Å². The number of aromatic nitrogens is 2. The Morgan fingerprint density at radius 2 is 1.84 bits per heavy atom. The van der Waals surface area contributed by atoms with Crippen molar-refractivity contribution in [2.45, 2.75) is 39.5 Å². The van der Waals surface area contributed by atoms with Crippen LogP contribution in [0.3, 0.4) is 0 Å². The maximum Gasteiger partial charge on any atom is 0.226 e. The number of pyridine rings is 2. The molecule has 2 aromatic heterocycles. The Labute approximate surface area is 191 Å². The Balaban J connectivity index is 1.34. The van der Waals surface area contributed by atoms with E-state index in [1.165, 1.54) is 0 Å². The van der Waals surface area contributed by atoms with Gasteiger partial charge in [0.25, 0.3) is 0 Å². The molecule has 0 bridgehead atoms. The predicted octanol–water partition coefficient (Wildman–Crippen LogP) is 3.51. The Hall–Kier alpha value is -2.51. The Morgan fingerprint density at radius 3 is 2.56 bits per heavy atom. The van der Waals surface area contributed by atoms with Crippen LogP contribution in [0.15, 0.2) is 30.3 Å². The molecule has 2 aliphatic heterocycles. The van der Waals surface area contributed by atoms with Gasteiger partial charge in [-0.2, -0.15) is 0 Å². The summed E-state index contributed by atoms with van der Waals surface area (Å²) in [5, 5.41) is 3.42. The SMILES string of the molecule is Cc1cccc(Nc2cc(C)nc(C3CCN(C(=O)C(C)CN4CCOCC4)CC3)c2)n1. The molecule has 2 aromatic rings. The zero-order valence-corrected chi connectivity index (χ0v) is 19.5. The summed E-state index contributed by atoms with van der Waals surface area (Å²) in [7, 11) is 0. The minimum Gasteiger partial charge on any atom is -0.379 e. The van der Waals surface area contributed by atoms with Crippen LogP contribution in [0.4, 0.5) is 11.5 Å². The first-order valence-electron chi connectivity index (χ1n) is 11.8. The van der Waals surface area contributed by atoms with Gasteiger partial charge in [-0.1, -0.05) is 13.0 Å². The molecule has 0 aromatic carbocycles. The van der Waals surface area contributed by atoms with E-state index in [2.05, 4.69) is 34.3 Å². The number of nitrogens with zero attached hydrogens (tertiary/aromatic N) is 4. The van der Waals surface area contributed by atoms with Crippen molar-refractivity contribution < 1.29 is 9.53 Å². The number of morpholine rings is 1. The van der Waals surface area contributed by atoms with Crippen molar-refractivity contribution in [2.24, 2.45) is 5.92 Å². The largest absolute Gasteiger partial charge is 0.379 e. The average Bonchev–Trinajstić information content (AvgIpc) is 2.79. The van der Waals surface area contributed by atoms with Gasteiger partial charge < -0.3 is 15.0 Å². The lowest BCUT2D eigenvalue weighted by Crippen LogP contribution is -2.46. The second-order valence-corrected chi connectivity index (χ2v) is 9.12. The maximum absolute atomic E-state index is 13.0. The summed E-state index contributed by atoms with van der Waals surface area (Å²) >= 11 is 0. The van der Waals surface area contributed by atoms with Gasteiger partial charge in [0.05, 0.1) is 13.2 Å². The molecule has 0 aliphatic carbocycles. The van der Waals surface area contributed by atoms with Crippen molar-refractivity contribution >= 4 is 17.4 Å². The van der Waals surface area contributed by atoms with Crippen LogP contribution in [0.25, 0.3) is 0 Å². The van der Waals surface area contributed by atoms with Gasteiger partial charge in [0.1, 0.15) is 5.82 Å². The van der Waals surface area contributed by atoms with Crippen molar-refractivity contribution in [3.63, 3.8) is 0 Å². The molecule has 4 rings (SSSR count). The quantitative estimate of drug-likeness (QED) is 0.746. The van der Waals surface area contributed by atoms with E-state index >= 15 is 0 Å². The van der Waals surface area contributed by atoms with E-state index in [9.17, 15) is 4.79 Å². The van der Waals surface area contributed by atoms with E-state index < -0.39 is 0 Å². The standard InChI is InChI=1S/C25H35N5O2/c1-18(17-29-11-13-32-14-12-29)25(31)30-9-7-21(8-10-30)23-16-22(15-20(3)26-23)28-24-6-4-5-19(2)27-24/h4-6,15-16,18,21H,7-14,17H2,1-3H3,(H,26,27,28). The van der Waals surface area contributed by atoms with E-state index in [1.54, 1.807) is 0 Å². The third kappa shape index (κ3) is 5.84. The normalized spacial score (nSPS) is 19.0. The van der Waals surface area contributed by atoms with E-state index in [0.717, 1.165) is 87.4 Å². The van der Waals surface area contributed by atoms with Crippen LogP contribution in [0.1, 0.15) is 42.8 Å². The number of piperidine rings is 1. The molecular weight excluding hydrogens is 402 g/mol. The molecule has 1 N–H and O–H groups in total. The number of nitrogens with one attached hydrogen (secondary N) is 1. The average molecular weight is 438 g/mol. The summed E-state index contributed by atoms with van der Waals surface area (Å²) in [5.74, 6) is 1.52. The van der Waals surface area contributed by atoms with Gasteiger partial charge >= 0.3 is 0 Å². The summed E-state index contributed by atoms with van der Waals surface area (Å²) in [6.07, 6.45) is 1.91. The molecule has 172 valence electrons. The van der Waals surface area contributed by atoms with Gasteiger partial charge in [-0.15, -0.1) is 0 Å². The third-order valence-electron chi connectivity index (χ3n) is 6.42. The second kappa shape index (κ2) is 10.4. The molecule has 0 radical (unpaired) electrons. The van der Waals surface area contributed by atoms with Crippen molar-refractivity contribution in [2.75, 3.05) is 51.3 Å². The van der Waals surface area contributed by atoms with E-state index in [1.807, 2.05) is 36.9 Å². The summed E-state index contributed by atoms with van der Waals surface area (Å²) < 4.78 is 5.42. The number of carbonyl (C=O) groups excluding carboxylic acids is 1. The first-order chi connectivity index (χ1) is 15.5. The van der Waals surface area contributed by atoms with Crippen molar-refractivity contribution in [3.8, 4) is 0 Å². The number of anilines is 2. The molecule has 7 heteroatoms. The van der Waals surface area contributed by atoms with Crippen LogP contribution in [0.5, 0.6) is 0 Å². The van der Waals surface area contributed by atoms with Gasteiger partial charge in [0.2, 0.25) is 5.91 Å². The fourth-order valence-corrected chi connectivity index (χ4v) is 4.69. The van der Waals surface area contributed by atoms with E-state index in [4.69, 9.17) is 9.72 Å². The van der Waals surface area contributed by atoms with Gasteiger partial charge in [-0.3, -0.25) is 14.7 Å². The molecule has 1 unspecified atom stereocenters. The zero-order chi connectivity index (χ0) is 22.5. The molecule has 2 aliphatic rings. The molecule has 1 amide bonds. The predicted molar refractivity (Wildman–Crippen MR) is 126 cm³/mol. The second-order valence-electron chi connectivity index (χ2n) is 9.12. The molecule has 0 spiro atoms. The van der Waals surface area contributed by atoms with Crippen molar-refractivity contribution in [3.05, 3.63) is 47.4 Å². The summed E-state index contributed by atoms with van der Waals surface area (Å²) in [4.78, 5) is 26.7. The molecule has 2 fully saturated rings. The number of hydrogen-bond acceptors (Lipinski definition) is 6. The van der Waals surface area contributed by atoms with Crippen LogP contribution in [-0.2, 0) is 9.53 Å². The highest BCUT2D eigenvalue weighted by Gasteiger charge is 2.28. The fourth-order valence-electron chi connectivity index (χ4n) is 4.69. The molecule has 1 atom stereocenters. The highest BCUT2D eigenvalue weighted by molar-refractivity contribution is 5.78. The lowest BCUT2D eigenvalue weighted by molar-refractivity contribution is -0.137. The first-order valence-corrected chi connectivity index (χ1v) is 11.8.